The fraction of sp³-hybridized carbons (Fsp3) is 0.562. The van der Waals surface area contributed by atoms with Crippen molar-refractivity contribution < 1.29 is 19.0 Å². The molecule has 2 rings (SSSR count). The van der Waals surface area contributed by atoms with Crippen LogP contribution in [0.5, 0.6) is 5.75 Å². The van der Waals surface area contributed by atoms with Crippen molar-refractivity contribution in [3.63, 3.8) is 0 Å². The molecule has 116 valence electrons. The number of halogens is 1. The van der Waals surface area contributed by atoms with E-state index in [1.807, 2.05) is 24.3 Å². The zero-order valence-electron chi connectivity index (χ0n) is 12.1. The highest BCUT2D eigenvalue weighted by Crippen LogP contribution is 2.18. The van der Waals surface area contributed by atoms with Crippen LogP contribution < -0.4 is 4.74 Å². The second-order valence-corrected chi connectivity index (χ2v) is 6.00. The zero-order chi connectivity index (χ0) is 14.9. The van der Waals surface area contributed by atoms with Gasteiger partial charge in [0.1, 0.15) is 12.4 Å². The van der Waals surface area contributed by atoms with Gasteiger partial charge in [-0.25, -0.2) is 0 Å². The Morgan fingerprint density at radius 3 is 3.05 bits per heavy atom. The first-order chi connectivity index (χ1) is 10.2. The molecule has 1 fully saturated rings. The summed E-state index contributed by atoms with van der Waals surface area (Å²) < 4.78 is 17.3. The van der Waals surface area contributed by atoms with Crippen LogP contribution in [0.15, 0.2) is 28.7 Å². The van der Waals surface area contributed by atoms with E-state index in [1.165, 1.54) is 0 Å². The van der Waals surface area contributed by atoms with Crippen LogP contribution in [0.25, 0.3) is 0 Å². The molecule has 1 unspecified atom stereocenters. The maximum Gasteiger partial charge on any atom is 0.306 e. The van der Waals surface area contributed by atoms with Crippen LogP contribution in [-0.2, 0) is 14.3 Å². The predicted octanol–water partition coefficient (Wildman–Crippen LogP) is 3.72. The van der Waals surface area contributed by atoms with E-state index < -0.39 is 0 Å². The van der Waals surface area contributed by atoms with Crippen LogP contribution in [0.4, 0.5) is 0 Å². The highest BCUT2D eigenvalue weighted by Gasteiger charge is 2.15. The molecule has 0 spiro atoms. The molecule has 1 atom stereocenters. The molecule has 1 saturated heterocycles. The van der Waals surface area contributed by atoms with Gasteiger partial charge in [0.2, 0.25) is 0 Å². The van der Waals surface area contributed by atoms with Crippen molar-refractivity contribution in [2.75, 3.05) is 19.8 Å². The lowest BCUT2D eigenvalue weighted by Crippen LogP contribution is -2.26. The molecule has 0 aliphatic carbocycles. The third kappa shape index (κ3) is 6.48. The van der Waals surface area contributed by atoms with E-state index in [4.69, 9.17) is 14.2 Å². The first-order valence-electron chi connectivity index (χ1n) is 7.39. The Morgan fingerprint density at radius 1 is 1.38 bits per heavy atom. The van der Waals surface area contributed by atoms with Crippen LogP contribution in [-0.4, -0.2) is 31.9 Å². The third-order valence-electron chi connectivity index (χ3n) is 3.29. The summed E-state index contributed by atoms with van der Waals surface area (Å²) >= 11 is 3.39. The molecule has 0 N–H and O–H groups in total. The van der Waals surface area contributed by atoms with Crippen LogP contribution in [0.3, 0.4) is 0 Å². The topological polar surface area (TPSA) is 44.8 Å². The van der Waals surface area contributed by atoms with Crippen molar-refractivity contribution >= 4 is 21.9 Å². The Labute approximate surface area is 133 Å². The molecule has 0 saturated carbocycles. The molecule has 0 radical (unpaired) electrons. The minimum absolute atomic E-state index is 0.0839. The standard InChI is InChI=1S/C16H21BrO4/c17-13-5-3-7-14(11-13)19-10-4-8-16(18)21-12-15-6-1-2-9-20-15/h3,5,7,11,15H,1-2,4,6,8-10,12H2. The highest BCUT2D eigenvalue weighted by molar-refractivity contribution is 9.10. The molecule has 1 aliphatic rings. The highest BCUT2D eigenvalue weighted by atomic mass is 79.9. The van der Waals surface area contributed by atoms with Gasteiger partial charge in [-0.15, -0.1) is 0 Å². The number of esters is 1. The van der Waals surface area contributed by atoms with Gasteiger partial charge in [-0.05, 0) is 43.9 Å². The minimum atomic E-state index is -0.179. The van der Waals surface area contributed by atoms with Crippen molar-refractivity contribution in [2.45, 2.75) is 38.2 Å². The molecule has 1 aromatic rings. The summed E-state index contributed by atoms with van der Waals surface area (Å²) in [6.07, 6.45) is 4.36. The number of hydrogen-bond donors (Lipinski definition) is 0. The molecule has 4 nitrogen and oxygen atoms in total. The molecule has 21 heavy (non-hydrogen) atoms. The van der Waals surface area contributed by atoms with Crippen molar-refractivity contribution in [2.24, 2.45) is 0 Å². The van der Waals surface area contributed by atoms with E-state index >= 15 is 0 Å². The van der Waals surface area contributed by atoms with Crippen molar-refractivity contribution in [1.29, 1.82) is 0 Å². The quantitative estimate of drug-likeness (QED) is 0.551. The van der Waals surface area contributed by atoms with E-state index in [-0.39, 0.29) is 12.1 Å². The monoisotopic (exact) mass is 356 g/mol. The first-order valence-corrected chi connectivity index (χ1v) is 8.19. The van der Waals surface area contributed by atoms with Crippen LogP contribution >= 0.6 is 15.9 Å². The maximum atomic E-state index is 11.6. The molecule has 1 aromatic carbocycles. The fourth-order valence-corrected chi connectivity index (χ4v) is 2.54. The van der Waals surface area contributed by atoms with Crippen LogP contribution in [0, 0.1) is 0 Å². The fourth-order valence-electron chi connectivity index (χ4n) is 2.16. The molecular formula is C16H21BrO4. The van der Waals surface area contributed by atoms with Crippen LogP contribution in [0.2, 0.25) is 0 Å². The summed E-state index contributed by atoms with van der Waals surface area (Å²) in [4.78, 5) is 11.6. The Morgan fingerprint density at radius 2 is 2.29 bits per heavy atom. The maximum absolute atomic E-state index is 11.6. The Bertz CT molecular complexity index is 444. The van der Waals surface area contributed by atoms with Gasteiger partial charge in [0.15, 0.2) is 0 Å². The van der Waals surface area contributed by atoms with Crippen molar-refractivity contribution in [1.82, 2.24) is 0 Å². The summed E-state index contributed by atoms with van der Waals surface area (Å²) in [6.45, 7) is 1.67. The number of carbonyl (C=O) groups is 1. The Balaban J connectivity index is 1.54. The average Bonchev–Trinajstić information content (AvgIpc) is 2.51. The van der Waals surface area contributed by atoms with Gasteiger partial charge in [-0.3, -0.25) is 4.79 Å². The second kappa shape index (κ2) is 9.05. The minimum Gasteiger partial charge on any atom is -0.494 e. The second-order valence-electron chi connectivity index (χ2n) is 5.08. The van der Waals surface area contributed by atoms with Gasteiger partial charge in [0.05, 0.1) is 12.7 Å². The molecular weight excluding hydrogens is 336 g/mol. The summed E-state index contributed by atoms with van der Waals surface area (Å²) in [6, 6.07) is 7.65. The van der Waals surface area contributed by atoms with E-state index in [0.29, 0.717) is 26.1 Å². The van der Waals surface area contributed by atoms with E-state index in [1.54, 1.807) is 0 Å². The van der Waals surface area contributed by atoms with E-state index in [2.05, 4.69) is 15.9 Å². The number of rotatable bonds is 7. The normalized spacial score (nSPS) is 18.2. The summed E-state index contributed by atoms with van der Waals surface area (Å²) in [5.41, 5.74) is 0. The van der Waals surface area contributed by atoms with Gasteiger partial charge in [-0.1, -0.05) is 22.0 Å². The number of benzene rings is 1. The molecule has 5 heteroatoms. The number of hydrogen-bond acceptors (Lipinski definition) is 4. The average molecular weight is 357 g/mol. The molecule has 0 aromatic heterocycles. The van der Waals surface area contributed by atoms with Gasteiger partial charge >= 0.3 is 5.97 Å². The lowest BCUT2D eigenvalue weighted by molar-refractivity contribution is -0.149. The first kappa shape index (κ1) is 16.3. The molecule has 0 amide bonds. The lowest BCUT2D eigenvalue weighted by atomic mass is 10.1. The lowest BCUT2D eigenvalue weighted by Gasteiger charge is -2.22. The largest absolute Gasteiger partial charge is 0.494 e. The Hall–Kier alpha value is -1.07. The summed E-state index contributed by atoms with van der Waals surface area (Å²) in [5.74, 6) is 0.621. The van der Waals surface area contributed by atoms with Gasteiger partial charge in [0, 0.05) is 17.5 Å². The zero-order valence-corrected chi connectivity index (χ0v) is 13.6. The molecule has 1 heterocycles. The smallest absolute Gasteiger partial charge is 0.306 e. The summed E-state index contributed by atoms with van der Waals surface area (Å²) in [7, 11) is 0. The van der Waals surface area contributed by atoms with Gasteiger partial charge in [0.25, 0.3) is 0 Å². The summed E-state index contributed by atoms with van der Waals surface area (Å²) in [5, 5.41) is 0. The SMILES string of the molecule is O=C(CCCOc1cccc(Br)c1)OCC1CCCCO1. The van der Waals surface area contributed by atoms with E-state index in [9.17, 15) is 4.79 Å². The number of ether oxygens (including phenoxy) is 3. The van der Waals surface area contributed by atoms with Gasteiger partial charge < -0.3 is 14.2 Å². The van der Waals surface area contributed by atoms with Gasteiger partial charge in [-0.2, -0.15) is 0 Å². The molecule has 1 aliphatic heterocycles. The van der Waals surface area contributed by atoms with Crippen molar-refractivity contribution in [3.8, 4) is 5.75 Å². The molecule has 0 bridgehead atoms. The van der Waals surface area contributed by atoms with Crippen LogP contribution in [0.1, 0.15) is 32.1 Å². The van der Waals surface area contributed by atoms with Crippen molar-refractivity contribution in [3.05, 3.63) is 28.7 Å². The number of carbonyl (C=O) groups excluding carboxylic acids is 1. The Kier molecular flexibility index (Phi) is 7.03. The van der Waals surface area contributed by atoms with E-state index in [0.717, 1.165) is 36.1 Å². The third-order valence-corrected chi connectivity index (χ3v) is 3.79. The predicted molar refractivity (Wildman–Crippen MR) is 83.4 cm³/mol.